The number of likely N-dealkylation sites (N-methyl/N-ethyl adjacent to an activating group) is 1. The molecule has 4 heteroatoms. The highest BCUT2D eigenvalue weighted by Crippen LogP contribution is 2.24. The third-order valence-corrected chi connectivity index (χ3v) is 3.41. The number of amides is 1. The van der Waals surface area contributed by atoms with Crippen molar-refractivity contribution in [3.63, 3.8) is 0 Å². The van der Waals surface area contributed by atoms with E-state index in [9.17, 15) is 4.79 Å². The number of carbonyl (C=O) groups is 1. The molecule has 1 N–H and O–H groups in total. The van der Waals surface area contributed by atoms with E-state index in [-0.39, 0.29) is 18.6 Å². The van der Waals surface area contributed by atoms with Crippen molar-refractivity contribution in [2.75, 3.05) is 33.8 Å². The van der Waals surface area contributed by atoms with Gasteiger partial charge in [0.25, 0.3) is 0 Å². The lowest BCUT2D eigenvalue weighted by Crippen LogP contribution is -2.42. The molecular weight excluding hydrogens is 252 g/mol. The number of benzene rings is 1. The third kappa shape index (κ3) is 4.05. The molecule has 1 rings (SSSR count). The summed E-state index contributed by atoms with van der Waals surface area (Å²) in [5.74, 6) is 0.0557. The Morgan fingerprint density at radius 1 is 1.25 bits per heavy atom. The summed E-state index contributed by atoms with van der Waals surface area (Å²) in [5.41, 5.74) is 2.14. The summed E-state index contributed by atoms with van der Waals surface area (Å²) in [5, 5.41) is 9.15. The van der Waals surface area contributed by atoms with Gasteiger partial charge in [0, 0.05) is 13.1 Å². The lowest BCUT2D eigenvalue weighted by atomic mass is 9.99. The van der Waals surface area contributed by atoms with Crippen LogP contribution >= 0.6 is 0 Å². The average Bonchev–Trinajstić information content (AvgIpc) is 2.40. The van der Waals surface area contributed by atoms with E-state index in [0.717, 1.165) is 17.5 Å². The Morgan fingerprint density at radius 3 is 2.40 bits per heavy atom. The SMILES string of the molecule is CCCN(CCO)C(=O)[C@@H](c1ccccc1C)N(C)C. The molecule has 0 saturated heterocycles. The third-order valence-electron chi connectivity index (χ3n) is 3.41. The van der Waals surface area contributed by atoms with Gasteiger partial charge in [-0.1, -0.05) is 31.2 Å². The van der Waals surface area contributed by atoms with Gasteiger partial charge in [0.2, 0.25) is 5.91 Å². The molecule has 1 aromatic rings. The van der Waals surface area contributed by atoms with E-state index in [1.54, 1.807) is 4.90 Å². The lowest BCUT2D eigenvalue weighted by Gasteiger charge is -2.31. The maximum absolute atomic E-state index is 12.8. The first kappa shape index (κ1) is 16.7. The minimum atomic E-state index is -0.297. The molecule has 0 aliphatic heterocycles. The van der Waals surface area contributed by atoms with Crippen molar-refractivity contribution in [1.29, 1.82) is 0 Å². The fraction of sp³-hybridized carbons (Fsp3) is 0.562. The van der Waals surface area contributed by atoms with Crippen LogP contribution in [-0.4, -0.2) is 54.6 Å². The first-order chi connectivity index (χ1) is 9.52. The molecule has 0 radical (unpaired) electrons. The Hall–Kier alpha value is -1.39. The minimum absolute atomic E-state index is 0.000337. The van der Waals surface area contributed by atoms with Crippen molar-refractivity contribution >= 4 is 5.91 Å². The number of hydrogen-bond acceptors (Lipinski definition) is 3. The molecule has 0 aliphatic carbocycles. The predicted molar refractivity (Wildman–Crippen MR) is 81.6 cm³/mol. The van der Waals surface area contributed by atoms with Crippen LogP contribution < -0.4 is 0 Å². The second-order valence-electron chi connectivity index (χ2n) is 5.27. The second kappa shape index (κ2) is 8.02. The van der Waals surface area contributed by atoms with Crippen LogP contribution in [0, 0.1) is 6.92 Å². The Labute approximate surface area is 122 Å². The van der Waals surface area contributed by atoms with Gasteiger partial charge < -0.3 is 10.0 Å². The molecule has 112 valence electrons. The number of carbonyl (C=O) groups excluding carboxylic acids is 1. The first-order valence-corrected chi connectivity index (χ1v) is 7.14. The van der Waals surface area contributed by atoms with E-state index in [1.807, 2.05) is 57.1 Å². The van der Waals surface area contributed by atoms with Crippen LogP contribution in [0.15, 0.2) is 24.3 Å². The summed E-state index contributed by atoms with van der Waals surface area (Å²) in [4.78, 5) is 16.5. The van der Waals surface area contributed by atoms with E-state index in [2.05, 4.69) is 0 Å². The zero-order valence-corrected chi connectivity index (χ0v) is 13.0. The highest BCUT2D eigenvalue weighted by atomic mass is 16.3. The molecule has 1 amide bonds. The summed E-state index contributed by atoms with van der Waals surface area (Å²) >= 11 is 0. The van der Waals surface area contributed by atoms with Crippen LogP contribution in [0.4, 0.5) is 0 Å². The van der Waals surface area contributed by atoms with Gasteiger partial charge in [-0.3, -0.25) is 9.69 Å². The largest absolute Gasteiger partial charge is 0.395 e. The topological polar surface area (TPSA) is 43.8 Å². The molecule has 0 fully saturated rings. The van der Waals surface area contributed by atoms with E-state index in [1.165, 1.54) is 0 Å². The molecule has 20 heavy (non-hydrogen) atoms. The van der Waals surface area contributed by atoms with Crippen molar-refractivity contribution in [3.05, 3.63) is 35.4 Å². The number of nitrogens with zero attached hydrogens (tertiary/aromatic N) is 2. The number of hydrogen-bond donors (Lipinski definition) is 1. The molecular formula is C16H26N2O2. The molecule has 0 aliphatic rings. The molecule has 0 unspecified atom stereocenters. The summed E-state index contributed by atoms with van der Waals surface area (Å²) in [6, 6.07) is 7.67. The van der Waals surface area contributed by atoms with E-state index >= 15 is 0 Å². The second-order valence-corrected chi connectivity index (χ2v) is 5.27. The van der Waals surface area contributed by atoms with Crippen LogP contribution in [0.25, 0.3) is 0 Å². The summed E-state index contributed by atoms with van der Waals surface area (Å²) in [6.45, 7) is 5.13. The monoisotopic (exact) mass is 278 g/mol. The van der Waals surface area contributed by atoms with Crippen LogP contribution in [0.1, 0.15) is 30.5 Å². The van der Waals surface area contributed by atoms with Crippen molar-refractivity contribution in [2.24, 2.45) is 0 Å². The molecule has 0 heterocycles. The fourth-order valence-corrected chi connectivity index (χ4v) is 2.42. The van der Waals surface area contributed by atoms with E-state index in [4.69, 9.17) is 5.11 Å². The molecule has 1 aromatic carbocycles. The standard InChI is InChI=1S/C16H26N2O2/c1-5-10-18(11-12-19)16(20)15(17(3)4)14-9-7-6-8-13(14)2/h6-9,15,19H,5,10-12H2,1-4H3/t15-/m1/s1. The van der Waals surface area contributed by atoms with Crippen LogP contribution in [0.5, 0.6) is 0 Å². The average molecular weight is 278 g/mol. The Kier molecular flexibility index (Phi) is 6.68. The maximum atomic E-state index is 12.8. The van der Waals surface area contributed by atoms with Gasteiger partial charge in [0.05, 0.1) is 6.61 Å². The van der Waals surface area contributed by atoms with Gasteiger partial charge in [0.15, 0.2) is 0 Å². The van der Waals surface area contributed by atoms with Crippen molar-refractivity contribution in [2.45, 2.75) is 26.3 Å². The van der Waals surface area contributed by atoms with Gasteiger partial charge in [-0.2, -0.15) is 0 Å². The van der Waals surface area contributed by atoms with Crippen molar-refractivity contribution < 1.29 is 9.90 Å². The first-order valence-electron chi connectivity index (χ1n) is 7.14. The van der Waals surface area contributed by atoms with Crippen molar-refractivity contribution in [3.8, 4) is 0 Å². The van der Waals surface area contributed by atoms with Crippen molar-refractivity contribution in [1.82, 2.24) is 9.80 Å². The van der Waals surface area contributed by atoms with Crippen LogP contribution in [-0.2, 0) is 4.79 Å². The normalized spacial score (nSPS) is 12.5. The quantitative estimate of drug-likeness (QED) is 0.827. The highest BCUT2D eigenvalue weighted by molar-refractivity contribution is 5.83. The zero-order valence-electron chi connectivity index (χ0n) is 13.0. The summed E-state index contributed by atoms with van der Waals surface area (Å²) in [7, 11) is 3.83. The highest BCUT2D eigenvalue weighted by Gasteiger charge is 2.28. The molecule has 0 bridgehead atoms. The Balaban J connectivity index is 3.07. The molecule has 0 spiro atoms. The summed E-state index contributed by atoms with van der Waals surface area (Å²) in [6.07, 6.45) is 0.889. The smallest absolute Gasteiger partial charge is 0.244 e. The van der Waals surface area contributed by atoms with Gasteiger partial charge in [-0.15, -0.1) is 0 Å². The number of aliphatic hydroxyl groups excluding tert-OH is 1. The van der Waals surface area contributed by atoms with E-state index in [0.29, 0.717) is 13.1 Å². The maximum Gasteiger partial charge on any atom is 0.244 e. The van der Waals surface area contributed by atoms with Gasteiger partial charge in [-0.25, -0.2) is 0 Å². The van der Waals surface area contributed by atoms with Gasteiger partial charge >= 0.3 is 0 Å². The van der Waals surface area contributed by atoms with Crippen LogP contribution in [0.2, 0.25) is 0 Å². The Bertz CT molecular complexity index is 426. The number of aliphatic hydroxyl groups is 1. The minimum Gasteiger partial charge on any atom is -0.395 e. The molecule has 0 aromatic heterocycles. The number of aryl methyl sites for hydroxylation is 1. The summed E-state index contributed by atoms with van der Waals surface area (Å²) < 4.78 is 0. The number of rotatable bonds is 7. The van der Waals surface area contributed by atoms with E-state index < -0.39 is 0 Å². The fourth-order valence-electron chi connectivity index (χ4n) is 2.42. The van der Waals surface area contributed by atoms with Gasteiger partial charge in [0.1, 0.15) is 6.04 Å². The molecule has 1 atom stereocenters. The molecule has 4 nitrogen and oxygen atoms in total. The lowest BCUT2D eigenvalue weighted by molar-refractivity contribution is -0.137. The van der Waals surface area contributed by atoms with Crippen LogP contribution in [0.3, 0.4) is 0 Å². The predicted octanol–water partition coefficient (Wildman–Crippen LogP) is 1.83. The Morgan fingerprint density at radius 2 is 1.90 bits per heavy atom. The van der Waals surface area contributed by atoms with Gasteiger partial charge in [-0.05, 0) is 38.6 Å². The molecule has 0 saturated carbocycles. The zero-order chi connectivity index (χ0) is 15.1.